The standard InChI is InChI=1S/C22H20Cl2N2O4S/c23-17-10-12-18(13-11-17)30-15-14-25-22(27)16-26(21-9-5-4-8-20(21)24)31(28,29)19-6-2-1-3-7-19/h1-13H,14-16H2,(H,25,27). The first-order valence-corrected chi connectivity index (χ1v) is 11.5. The predicted octanol–water partition coefficient (Wildman–Crippen LogP) is 4.38. The number of rotatable bonds is 9. The van der Waals surface area contributed by atoms with Crippen LogP contribution >= 0.6 is 23.2 Å². The van der Waals surface area contributed by atoms with Gasteiger partial charge >= 0.3 is 0 Å². The summed E-state index contributed by atoms with van der Waals surface area (Å²) in [6, 6.07) is 21.2. The Hall–Kier alpha value is -2.74. The zero-order valence-electron chi connectivity index (χ0n) is 16.4. The van der Waals surface area contributed by atoms with Crippen molar-refractivity contribution in [1.29, 1.82) is 0 Å². The Morgan fingerprint density at radius 2 is 1.55 bits per heavy atom. The molecule has 1 N–H and O–H groups in total. The van der Waals surface area contributed by atoms with Gasteiger partial charge in [-0.25, -0.2) is 8.42 Å². The smallest absolute Gasteiger partial charge is 0.264 e. The Morgan fingerprint density at radius 1 is 0.903 bits per heavy atom. The number of nitrogens with one attached hydrogen (secondary N) is 1. The lowest BCUT2D eigenvalue weighted by molar-refractivity contribution is -0.119. The third-order valence-electron chi connectivity index (χ3n) is 4.25. The van der Waals surface area contributed by atoms with E-state index >= 15 is 0 Å². The lowest BCUT2D eigenvalue weighted by Gasteiger charge is -2.25. The molecule has 0 atom stereocenters. The topological polar surface area (TPSA) is 75.7 Å². The molecule has 0 aliphatic carbocycles. The van der Waals surface area contributed by atoms with E-state index in [2.05, 4.69) is 5.32 Å². The zero-order chi connectivity index (χ0) is 22.3. The average molecular weight is 479 g/mol. The van der Waals surface area contributed by atoms with Gasteiger partial charge < -0.3 is 10.1 Å². The van der Waals surface area contributed by atoms with E-state index in [0.29, 0.717) is 10.8 Å². The van der Waals surface area contributed by atoms with E-state index in [0.717, 1.165) is 4.31 Å². The van der Waals surface area contributed by atoms with Crippen molar-refractivity contribution in [2.45, 2.75) is 4.90 Å². The van der Waals surface area contributed by atoms with Crippen molar-refractivity contribution in [3.63, 3.8) is 0 Å². The first kappa shape index (κ1) is 22.9. The molecule has 6 nitrogen and oxygen atoms in total. The quantitative estimate of drug-likeness (QED) is 0.462. The maximum absolute atomic E-state index is 13.2. The van der Waals surface area contributed by atoms with Gasteiger partial charge in [0.25, 0.3) is 10.0 Å². The molecule has 162 valence electrons. The number of hydrogen-bond acceptors (Lipinski definition) is 4. The minimum Gasteiger partial charge on any atom is -0.492 e. The summed E-state index contributed by atoms with van der Waals surface area (Å²) in [7, 11) is -4.01. The largest absolute Gasteiger partial charge is 0.492 e. The highest BCUT2D eigenvalue weighted by Gasteiger charge is 2.28. The molecule has 3 aromatic carbocycles. The molecule has 0 aliphatic heterocycles. The summed E-state index contributed by atoms with van der Waals surface area (Å²) in [6.45, 7) is -0.0178. The van der Waals surface area contributed by atoms with Crippen molar-refractivity contribution < 1.29 is 17.9 Å². The monoisotopic (exact) mass is 478 g/mol. The second kappa shape index (κ2) is 10.5. The van der Waals surface area contributed by atoms with Crippen molar-refractivity contribution >= 4 is 44.8 Å². The van der Waals surface area contributed by atoms with Gasteiger partial charge in [0, 0.05) is 5.02 Å². The molecule has 0 unspecified atom stereocenters. The van der Waals surface area contributed by atoms with Crippen LogP contribution < -0.4 is 14.4 Å². The Kier molecular flexibility index (Phi) is 7.79. The van der Waals surface area contributed by atoms with Crippen LogP contribution in [0.15, 0.2) is 83.8 Å². The molecule has 3 rings (SSSR count). The number of nitrogens with zero attached hydrogens (tertiary/aromatic N) is 1. The molecule has 0 fully saturated rings. The van der Waals surface area contributed by atoms with Crippen molar-refractivity contribution in [2.24, 2.45) is 0 Å². The maximum atomic E-state index is 13.2. The van der Waals surface area contributed by atoms with Crippen molar-refractivity contribution in [1.82, 2.24) is 5.32 Å². The molecular weight excluding hydrogens is 459 g/mol. The molecule has 0 aromatic heterocycles. The molecule has 1 amide bonds. The molecule has 0 bridgehead atoms. The number of para-hydroxylation sites is 1. The highest BCUT2D eigenvalue weighted by molar-refractivity contribution is 7.92. The first-order valence-electron chi connectivity index (χ1n) is 9.35. The second-order valence-corrected chi connectivity index (χ2v) is 9.13. The van der Waals surface area contributed by atoms with Gasteiger partial charge in [-0.2, -0.15) is 0 Å². The fourth-order valence-corrected chi connectivity index (χ4v) is 4.62. The molecule has 0 spiro atoms. The highest BCUT2D eigenvalue weighted by Crippen LogP contribution is 2.30. The average Bonchev–Trinajstić information content (AvgIpc) is 2.77. The van der Waals surface area contributed by atoms with Gasteiger partial charge in [0.1, 0.15) is 18.9 Å². The van der Waals surface area contributed by atoms with Gasteiger partial charge in [-0.3, -0.25) is 9.10 Å². The van der Waals surface area contributed by atoms with Gasteiger partial charge in [-0.05, 0) is 48.5 Å². The number of sulfonamides is 1. The van der Waals surface area contributed by atoms with Crippen molar-refractivity contribution in [3.8, 4) is 5.75 Å². The number of ether oxygens (including phenoxy) is 1. The molecule has 9 heteroatoms. The van der Waals surface area contributed by atoms with Gasteiger partial charge in [-0.15, -0.1) is 0 Å². The molecular formula is C22H20Cl2N2O4S. The molecule has 31 heavy (non-hydrogen) atoms. The number of anilines is 1. The van der Waals surface area contributed by atoms with E-state index < -0.39 is 22.5 Å². The molecule has 0 saturated heterocycles. The van der Waals surface area contributed by atoms with E-state index in [-0.39, 0.29) is 28.8 Å². The molecule has 0 saturated carbocycles. The molecule has 0 radical (unpaired) electrons. The van der Waals surface area contributed by atoms with Crippen LogP contribution in [0, 0.1) is 0 Å². The minimum absolute atomic E-state index is 0.0637. The predicted molar refractivity (Wildman–Crippen MR) is 122 cm³/mol. The molecule has 3 aromatic rings. The lowest BCUT2D eigenvalue weighted by Crippen LogP contribution is -2.42. The van der Waals surface area contributed by atoms with E-state index in [4.69, 9.17) is 27.9 Å². The van der Waals surface area contributed by atoms with Gasteiger partial charge in [0.2, 0.25) is 5.91 Å². The SMILES string of the molecule is O=C(CN(c1ccccc1Cl)S(=O)(=O)c1ccccc1)NCCOc1ccc(Cl)cc1. The summed E-state index contributed by atoms with van der Waals surface area (Å²) in [5, 5.41) is 3.49. The van der Waals surface area contributed by atoms with Crippen LogP contribution in [0.4, 0.5) is 5.69 Å². The number of benzene rings is 3. The third-order valence-corrected chi connectivity index (χ3v) is 6.59. The summed E-state index contributed by atoms with van der Waals surface area (Å²) < 4.78 is 33.0. The maximum Gasteiger partial charge on any atom is 0.264 e. The molecule has 0 heterocycles. The van der Waals surface area contributed by atoms with Gasteiger partial charge in [-0.1, -0.05) is 53.5 Å². The number of amides is 1. The lowest BCUT2D eigenvalue weighted by atomic mass is 10.3. The third kappa shape index (κ3) is 6.13. The number of hydrogen-bond donors (Lipinski definition) is 1. The van der Waals surface area contributed by atoms with Crippen molar-refractivity contribution in [2.75, 3.05) is 24.0 Å². The van der Waals surface area contributed by atoms with Crippen LogP contribution in [0.1, 0.15) is 0 Å². The summed E-state index contributed by atoms with van der Waals surface area (Å²) >= 11 is 12.1. The Bertz CT molecular complexity index is 1120. The summed E-state index contributed by atoms with van der Waals surface area (Å²) in [5.41, 5.74) is 0.223. The van der Waals surface area contributed by atoms with Crippen LogP contribution in [0.5, 0.6) is 5.75 Å². The highest BCUT2D eigenvalue weighted by atomic mass is 35.5. The Labute approximate surface area is 191 Å². The van der Waals surface area contributed by atoms with Crippen LogP contribution in [0.25, 0.3) is 0 Å². The van der Waals surface area contributed by atoms with Gasteiger partial charge in [0.15, 0.2) is 0 Å². The normalized spacial score (nSPS) is 11.0. The number of halogens is 2. The zero-order valence-corrected chi connectivity index (χ0v) is 18.7. The van der Waals surface area contributed by atoms with E-state index in [9.17, 15) is 13.2 Å². The van der Waals surface area contributed by atoms with Crippen LogP contribution in [0.3, 0.4) is 0 Å². The number of carbonyl (C=O) groups is 1. The first-order chi connectivity index (χ1) is 14.9. The summed E-state index contributed by atoms with van der Waals surface area (Å²) in [4.78, 5) is 12.6. The molecule has 0 aliphatic rings. The number of carbonyl (C=O) groups excluding carboxylic acids is 1. The van der Waals surface area contributed by atoms with Crippen LogP contribution in [-0.2, 0) is 14.8 Å². The van der Waals surface area contributed by atoms with E-state index in [1.807, 2.05) is 0 Å². The fourth-order valence-electron chi connectivity index (χ4n) is 2.75. The van der Waals surface area contributed by atoms with E-state index in [1.54, 1.807) is 66.7 Å². The fraction of sp³-hybridized carbons (Fsp3) is 0.136. The summed E-state index contributed by atoms with van der Waals surface area (Å²) in [5.74, 6) is 0.127. The van der Waals surface area contributed by atoms with Crippen LogP contribution in [0.2, 0.25) is 10.0 Å². The van der Waals surface area contributed by atoms with Gasteiger partial charge in [0.05, 0.1) is 22.2 Å². The Morgan fingerprint density at radius 3 is 2.23 bits per heavy atom. The second-order valence-electron chi connectivity index (χ2n) is 6.43. The van der Waals surface area contributed by atoms with E-state index in [1.165, 1.54) is 12.1 Å². The van der Waals surface area contributed by atoms with Crippen LogP contribution in [-0.4, -0.2) is 34.0 Å². The minimum atomic E-state index is -4.01. The Balaban J connectivity index is 1.69. The summed E-state index contributed by atoms with van der Waals surface area (Å²) in [6.07, 6.45) is 0. The van der Waals surface area contributed by atoms with Crippen molar-refractivity contribution in [3.05, 3.63) is 88.9 Å².